The zero-order valence-corrected chi connectivity index (χ0v) is 18.2. The molecule has 28 heavy (non-hydrogen) atoms. The second-order valence-electron chi connectivity index (χ2n) is 8.48. The summed E-state index contributed by atoms with van der Waals surface area (Å²) in [6, 6.07) is 0.129. The van der Waals surface area contributed by atoms with E-state index in [1.165, 1.54) is 28.7 Å². The molecule has 0 aliphatic carbocycles. The Labute approximate surface area is 171 Å². The number of piperidine rings is 1. The topological polar surface area (TPSA) is 61.4 Å². The van der Waals surface area contributed by atoms with Gasteiger partial charge in [-0.05, 0) is 58.2 Å². The molecule has 152 valence electrons. The summed E-state index contributed by atoms with van der Waals surface area (Å²) in [6.45, 7) is 13.3. The Morgan fingerprint density at radius 1 is 1.14 bits per heavy atom. The maximum Gasteiger partial charge on any atom is 0.222 e. The lowest BCUT2D eigenvalue weighted by molar-refractivity contribution is -0.120. The highest BCUT2D eigenvalue weighted by molar-refractivity contribution is 7.18. The predicted molar refractivity (Wildman–Crippen MR) is 115 cm³/mol. The largest absolute Gasteiger partial charge is 0.354 e. The number of carbonyl (C=O) groups is 1. The van der Waals surface area contributed by atoms with Crippen LogP contribution in [0.5, 0.6) is 0 Å². The molecule has 1 amide bonds. The van der Waals surface area contributed by atoms with Crippen molar-refractivity contribution in [2.75, 3.05) is 31.1 Å². The molecule has 0 saturated carbocycles. The summed E-state index contributed by atoms with van der Waals surface area (Å²) in [5.41, 5.74) is 1.27. The number of rotatable bonds is 3. The summed E-state index contributed by atoms with van der Waals surface area (Å²) in [5, 5.41) is 4.16. The van der Waals surface area contributed by atoms with Gasteiger partial charge in [0.1, 0.15) is 16.5 Å². The highest BCUT2D eigenvalue weighted by atomic mass is 32.1. The fourth-order valence-electron chi connectivity index (χ4n) is 4.27. The van der Waals surface area contributed by atoms with Crippen molar-refractivity contribution in [3.63, 3.8) is 0 Å². The van der Waals surface area contributed by atoms with Gasteiger partial charge in [0.2, 0.25) is 5.91 Å². The quantitative estimate of drug-likeness (QED) is 0.855. The fourth-order valence-corrected chi connectivity index (χ4v) is 5.31. The molecule has 0 spiro atoms. The lowest BCUT2D eigenvalue weighted by atomic mass is 9.99. The average molecular weight is 402 g/mol. The molecule has 1 N–H and O–H groups in total. The molecule has 4 heterocycles. The molecule has 2 fully saturated rings. The van der Waals surface area contributed by atoms with Crippen molar-refractivity contribution in [2.45, 2.75) is 59.5 Å². The molecule has 2 aromatic heterocycles. The first-order chi connectivity index (χ1) is 13.4. The van der Waals surface area contributed by atoms with Crippen LogP contribution in [0.15, 0.2) is 0 Å². The second kappa shape index (κ2) is 7.95. The first-order valence-corrected chi connectivity index (χ1v) is 11.3. The Bertz CT molecular complexity index is 871. The third-order valence-electron chi connectivity index (χ3n) is 6.26. The number of thiophene rings is 1. The van der Waals surface area contributed by atoms with E-state index in [4.69, 9.17) is 9.97 Å². The maximum atomic E-state index is 12.0. The zero-order chi connectivity index (χ0) is 19.8. The molecule has 0 aromatic carbocycles. The van der Waals surface area contributed by atoms with Crippen molar-refractivity contribution in [1.82, 2.24) is 20.2 Å². The minimum absolute atomic E-state index is 0.126. The predicted octanol–water partition coefficient (Wildman–Crippen LogP) is 3.25. The van der Waals surface area contributed by atoms with Crippen molar-refractivity contribution in [2.24, 2.45) is 5.92 Å². The van der Waals surface area contributed by atoms with Gasteiger partial charge in [-0.3, -0.25) is 9.69 Å². The van der Waals surface area contributed by atoms with Crippen molar-refractivity contribution in [3.8, 4) is 0 Å². The first kappa shape index (κ1) is 19.6. The number of hydrogen-bond acceptors (Lipinski definition) is 6. The number of anilines is 1. The van der Waals surface area contributed by atoms with Gasteiger partial charge in [-0.15, -0.1) is 11.3 Å². The second-order valence-corrected chi connectivity index (χ2v) is 9.69. The van der Waals surface area contributed by atoms with Crippen LogP contribution in [0.1, 0.15) is 49.4 Å². The SMILES string of the molecule is Cc1sc2nc(CN3CCC(C)CC3)nc(N3CCNC(=O)CC3C)c2c1C. The molecular formula is C21H31N5OS. The lowest BCUT2D eigenvalue weighted by Gasteiger charge is -2.31. The van der Waals surface area contributed by atoms with Crippen molar-refractivity contribution in [3.05, 3.63) is 16.3 Å². The van der Waals surface area contributed by atoms with Gasteiger partial charge in [0, 0.05) is 30.4 Å². The Morgan fingerprint density at radius 3 is 2.64 bits per heavy atom. The van der Waals surface area contributed by atoms with Crippen LogP contribution in [0.4, 0.5) is 5.82 Å². The van der Waals surface area contributed by atoms with Gasteiger partial charge in [-0.25, -0.2) is 9.97 Å². The molecule has 0 bridgehead atoms. The minimum atomic E-state index is 0.126. The number of likely N-dealkylation sites (tertiary alicyclic amines) is 1. The fraction of sp³-hybridized carbons (Fsp3) is 0.667. The number of hydrogen-bond donors (Lipinski definition) is 1. The molecule has 2 aliphatic heterocycles. The third-order valence-corrected chi connectivity index (χ3v) is 7.36. The van der Waals surface area contributed by atoms with Gasteiger partial charge < -0.3 is 10.2 Å². The van der Waals surface area contributed by atoms with E-state index in [1.807, 2.05) is 0 Å². The van der Waals surface area contributed by atoms with Crippen LogP contribution < -0.4 is 10.2 Å². The van der Waals surface area contributed by atoms with E-state index in [9.17, 15) is 4.79 Å². The van der Waals surface area contributed by atoms with Gasteiger partial charge in [-0.2, -0.15) is 0 Å². The smallest absolute Gasteiger partial charge is 0.222 e. The van der Waals surface area contributed by atoms with Crippen LogP contribution >= 0.6 is 11.3 Å². The molecule has 2 aromatic rings. The summed E-state index contributed by atoms with van der Waals surface area (Å²) >= 11 is 1.76. The van der Waals surface area contributed by atoms with Gasteiger partial charge >= 0.3 is 0 Å². The van der Waals surface area contributed by atoms with E-state index in [-0.39, 0.29) is 11.9 Å². The minimum Gasteiger partial charge on any atom is -0.354 e. The lowest BCUT2D eigenvalue weighted by Crippen LogP contribution is -2.36. The number of aryl methyl sites for hydroxylation is 2. The van der Waals surface area contributed by atoms with Gasteiger partial charge in [-0.1, -0.05) is 6.92 Å². The molecule has 2 aliphatic rings. The number of nitrogens with zero attached hydrogens (tertiary/aromatic N) is 4. The highest BCUT2D eigenvalue weighted by Crippen LogP contribution is 2.36. The van der Waals surface area contributed by atoms with E-state index in [1.54, 1.807) is 11.3 Å². The molecule has 1 atom stereocenters. The number of fused-ring (bicyclic) bond motifs is 1. The Kier molecular flexibility index (Phi) is 5.56. The van der Waals surface area contributed by atoms with Crippen LogP contribution in [-0.4, -0.2) is 53.0 Å². The van der Waals surface area contributed by atoms with Gasteiger partial charge in [0.25, 0.3) is 0 Å². The van der Waals surface area contributed by atoms with Crippen molar-refractivity contribution < 1.29 is 4.79 Å². The molecule has 7 heteroatoms. The monoisotopic (exact) mass is 401 g/mol. The number of amides is 1. The van der Waals surface area contributed by atoms with Crippen molar-refractivity contribution >= 4 is 33.3 Å². The molecule has 1 unspecified atom stereocenters. The zero-order valence-electron chi connectivity index (χ0n) is 17.4. The van der Waals surface area contributed by atoms with E-state index < -0.39 is 0 Å². The summed E-state index contributed by atoms with van der Waals surface area (Å²) < 4.78 is 0. The van der Waals surface area contributed by atoms with Crippen LogP contribution in [-0.2, 0) is 11.3 Å². The van der Waals surface area contributed by atoms with E-state index in [2.05, 4.69) is 42.8 Å². The first-order valence-electron chi connectivity index (χ1n) is 10.4. The van der Waals surface area contributed by atoms with E-state index in [0.717, 1.165) is 48.6 Å². The molecule has 4 rings (SSSR count). The third kappa shape index (κ3) is 3.87. The van der Waals surface area contributed by atoms with Crippen LogP contribution in [0, 0.1) is 19.8 Å². The summed E-state index contributed by atoms with van der Waals surface area (Å²) in [7, 11) is 0. The summed E-state index contributed by atoms with van der Waals surface area (Å²) in [4.78, 5) is 29.2. The average Bonchev–Trinajstić information content (AvgIpc) is 2.82. The normalized spacial score (nSPS) is 22.5. The molecule has 0 radical (unpaired) electrons. The Hall–Kier alpha value is -1.73. The number of aromatic nitrogens is 2. The molecule has 6 nitrogen and oxygen atoms in total. The van der Waals surface area contributed by atoms with Crippen LogP contribution in [0.2, 0.25) is 0 Å². The number of carbonyl (C=O) groups excluding carboxylic acids is 1. The van der Waals surface area contributed by atoms with E-state index >= 15 is 0 Å². The Morgan fingerprint density at radius 2 is 1.89 bits per heavy atom. The van der Waals surface area contributed by atoms with Gasteiger partial charge in [0.05, 0.1) is 11.9 Å². The standard InChI is InChI=1S/C21H31N5OS/c1-13-5-8-25(9-6-13)12-17-23-20(19-15(3)16(4)28-21(19)24-17)26-10-7-22-18(27)11-14(26)2/h13-14H,5-12H2,1-4H3,(H,22,27). The van der Waals surface area contributed by atoms with Gasteiger partial charge in [0.15, 0.2) is 0 Å². The highest BCUT2D eigenvalue weighted by Gasteiger charge is 2.27. The van der Waals surface area contributed by atoms with E-state index in [0.29, 0.717) is 13.0 Å². The summed E-state index contributed by atoms with van der Waals surface area (Å²) in [5.74, 6) is 2.87. The maximum absolute atomic E-state index is 12.0. The summed E-state index contributed by atoms with van der Waals surface area (Å²) in [6.07, 6.45) is 3.01. The molecular weight excluding hydrogens is 370 g/mol. The number of nitrogens with one attached hydrogen (secondary N) is 1. The molecule has 2 saturated heterocycles. The van der Waals surface area contributed by atoms with Crippen LogP contribution in [0.3, 0.4) is 0 Å². The van der Waals surface area contributed by atoms with Crippen molar-refractivity contribution in [1.29, 1.82) is 0 Å². The Balaban J connectivity index is 1.71. The van der Waals surface area contributed by atoms with Crippen LogP contribution in [0.25, 0.3) is 10.2 Å².